The Morgan fingerprint density at radius 3 is 2.61 bits per heavy atom. The van der Waals surface area contributed by atoms with Gasteiger partial charge >= 0.3 is 6.09 Å². The van der Waals surface area contributed by atoms with E-state index < -0.39 is 17.1 Å². The van der Waals surface area contributed by atoms with Gasteiger partial charge in [0.25, 0.3) is 5.69 Å². The number of hydrogen-bond donors (Lipinski definition) is 2. The van der Waals surface area contributed by atoms with E-state index in [1.807, 2.05) is 0 Å². The average Bonchev–Trinajstić information content (AvgIpc) is 3.13. The van der Waals surface area contributed by atoms with Crippen molar-refractivity contribution in [2.45, 2.75) is 37.5 Å². The number of rotatable bonds is 13. The molecule has 1 fully saturated rings. The number of benzene rings is 1. The van der Waals surface area contributed by atoms with Gasteiger partial charge in [0, 0.05) is 33.0 Å². The van der Waals surface area contributed by atoms with E-state index in [1.54, 1.807) is 6.26 Å². The molecule has 4 amide bonds. The molecule has 2 rings (SSSR count). The van der Waals surface area contributed by atoms with Crippen molar-refractivity contribution in [1.29, 1.82) is 0 Å². The van der Waals surface area contributed by atoms with Gasteiger partial charge in [0.05, 0.1) is 35.5 Å². The number of imide groups is 1. The third-order valence-corrected chi connectivity index (χ3v) is 6.32. The number of likely N-dealkylation sites (tertiary alicyclic amines) is 1. The van der Waals surface area contributed by atoms with Crippen molar-refractivity contribution in [3.05, 3.63) is 27.8 Å². The third kappa shape index (κ3) is 7.47. The zero-order chi connectivity index (χ0) is 26.8. The highest BCUT2D eigenvalue weighted by Gasteiger charge is 2.37. The summed E-state index contributed by atoms with van der Waals surface area (Å²) in [4.78, 5) is 59.7. The van der Waals surface area contributed by atoms with Crippen LogP contribution in [0.2, 0.25) is 0 Å². The molecule has 1 saturated heterocycles. The summed E-state index contributed by atoms with van der Waals surface area (Å²) in [5.74, 6) is -0.456. The fourth-order valence-electron chi connectivity index (χ4n) is 3.49. The van der Waals surface area contributed by atoms with Crippen LogP contribution in [0.4, 0.5) is 10.5 Å². The third-order valence-electron chi connectivity index (χ3n) is 5.39. The number of thioether (sulfide) groups is 1. The summed E-state index contributed by atoms with van der Waals surface area (Å²) in [6.45, 7) is 1.83. The Morgan fingerprint density at radius 2 is 2.03 bits per heavy atom. The molecule has 14 heteroatoms. The summed E-state index contributed by atoms with van der Waals surface area (Å²) >= 11 is 1.33. The fourth-order valence-corrected chi connectivity index (χ4v) is 4.12. The molecule has 2 atom stereocenters. The molecule has 198 valence electrons. The Kier molecular flexibility index (Phi) is 10.8. The van der Waals surface area contributed by atoms with Gasteiger partial charge in [-0.05, 0) is 25.7 Å². The second-order valence-electron chi connectivity index (χ2n) is 7.73. The van der Waals surface area contributed by atoms with Crippen molar-refractivity contribution in [2.75, 3.05) is 40.1 Å². The molecule has 13 nitrogen and oxygen atoms in total. The van der Waals surface area contributed by atoms with Gasteiger partial charge in [-0.1, -0.05) is 0 Å². The van der Waals surface area contributed by atoms with E-state index >= 15 is 0 Å². The van der Waals surface area contributed by atoms with Gasteiger partial charge in [-0.15, -0.1) is 0 Å². The SMILES string of the molecule is CNC(=O)OC(C)c1cc(OC)c(OCCCC(=O)NCCN2C(=O)CC(SC)C2=O)cc1[N+](=O)[O-]. The number of methoxy groups -OCH3 is 1. The monoisotopic (exact) mass is 526 g/mol. The molecule has 2 N–H and O–H groups in total. The van der Waals surface area contributed by atoms with Crippen LogP contribution in [0.25, 0.3) is 0 Å². The lowest BCUT2D eigenvalue weighted by molar-refractivity contribution is -0.386. The van der Waals surface area contributed by atoms with Gasteiger partial charge in [-0.3, -0.25) is 29.4 Å². The van der Waals surface area contributed by atoms with Crippen molar-refractivity contribution in [3.63, 3.8) is 0 Å². The van der Waals surface area contributed by atoms with Crippen molar-refractivity contribution >= 4 is 41.3 Å². The van der Waals surface area contributed by atoms with Crippen molar-refractivity contribution in [3.8, 4) is 11.5 Å². The van der Waals surface area contributed by atoms with Crippen LogP contribution in [0.15, 0.2) is 12.1 Å². The molecular formula is C22H30N4O9S. The zero-order valence-corrected chi connectivity index (χ0v) is 21.3. The predicted molar refractivity (Wildman–Crippen MR) is 130 cm³/mol. The van der Waals surface area contributed by atoms with E-state index in [4.69, 9.17) is 14.2 Å². The van der Waals surface area contributed by atoms with Crippen LogP contribution >= 0.6 is 11.8 Å². The maximum Gasteiger partial charge on any atom is 0.407 e. The summed E-state index contributed by atoms with van der Waals surface area (Å²) in [6.07, 6.45) is 0.694. The number of carbonyl (C=O) groups excluding carboxylic acids is 4. The standard InChI is InChI=1S/C22H30N4O9S/c1-13(35-22(30)23-2)14-10-16(33-3)17(11-15(14)26(31)32)34-9-5-6-19(27)24-7-8-25-20(28)12-18(36-4)21(25)29/h10-11,13,18H,5-9,12H2,1-4H3,(H,23,30)(H,24,27). The van der Waals surface area contributed by atoms with E-state index in [0.717, 1.165) is 4.90 Å². The van der Waals surface area contributed by atoms with Crippen LogP contribution in [-0.4, -0.2) is 79.0 Å². The lowest BCUT2D eigenvalue weighted by atomic mass is 10.1. The number of hydrogen-bond acceptors (Lipinski definition) is 10. The van der Waals surface area contributed by atoms with Crippen molar-refractivity contribution in [1.82, 2.24) is 15.5 Å². The summed E-state index contributed by atoms with van der Waals surface area (Å²) in [6, 6.07) is 2.56. The van der Waals surface area contributed by atoms with Crippen LogP contribution in [0, 0.1) is 10.1 Å². The summed E-state index contributed by atoms with van der Waals surface area (Å²) in [5, 5.41) is 16.2. The Labute approximate surface area is 212 Å². The lowest BCUT2D eigenvalue weighted by Crippen LogP contribution is -2.38. The van der Waals surface area contributed by atoms with E-state index in [0.29, 0.717) is 6.42 Å². The highest BCUT2D eigenvalue weighted by atomic mass is 32.2. The van der Waals surface area contributed by atoms with Crippen LogP contribution in [0.3, 0.4) is 0 Å². The topological polar surface area (TPSA) is 166 Å². The van der Waals surface area contributed by atoms with Gasteiger partial charge in [-0.2, -0.15) is 11.8 Å². The predicted octanol–water partition coefficient (Wildman–Crippen LogP) is 1.79. The maximum atomic E-state index is 12.1. The molecular weight excluding hydrogens is 496 g/mol. The number of nitrogens with zero attached hydrogens (tertiary/aromatic N) is 2. The number of nitro benzene ring substituents is 1. The first-order valence-corrected chi connectivity index (χ1v) is 12.4. The molecule has 0 aromatic heterocycles. The molecule has 1 aliphatic rings. The molecule has 1 aromatic carbocycles. The number of alkyl carbamates (subject to hydrolysis) is 1. The quantitative estimate of drug-likeness (QED) is 0.167. The van der Waals surface area contributed by atoms with E-state index in [2.05, 4.69) is 10.6 Å². The summed E-state index contributed by atoms with van der Waals surface area (Å²) in [7, 11) is 2.74. The average molecular weight is 527 g/mol. The minimum absolute atomic E-state index is 0.0725. The summed E-state index contributed by atoms with van der Waals surface area (Å²) in [5.41, 5.74) is -0.180. The zero-order valence-electron chi connectivity index (χ0n) is 20.5. The van der Waals surface area contributed by atoms with Gasteiger partial charge in [-0.25, -0.2) is 4.79 Å². The van der Waals surface area contributed by atoms with Gasteiger partial charge < -0.3 is 24.8 Å². The highest BCUT2D eigenvalue weighted by molar-refractivity contribution is 8.00. The highest BCUT2D eigenvalue weighted by Crippen LogP contribution is 2.38. The molecule has 0 aliphatic carbocycles. The maximum absolute atomic E-state index is 12.1. The minimum Gasteiger partial charge on any atom is -0.493 e. The normalized spacial score (nSPS) is 15.9. The van der Waals surface area contributed by atoms with Gasteiger partial charge in [0.1, 0.15) is 6.10 Å². The Hall–Kier alpha value is -3.55. The smallest absolute Gasteiger partial charge is 0.407 e. The van der Waals surface area contributed by atoms with Crippen LogP contribution in [-0.2, 0) is 19.1 Å². The number of carbonyl (C=O) groups is 4. The first-order chi connectivity index (χ1) is 17.1. The molecule has 0 bridgehead atoms. The number of nitrogens with one attached hydrogen (secondary N) is 2. The Balaban J connectivity index is 1.88. The molecule has 1 aromatic rings. The van der Waals surface area contributed by atoms with Crippen LogP contribution in [0.5, 0.6) is 11.5 Å². The summed E-state index contributed by atoms with van der Waals surface area (Å²) < 4.78 is 16.0. The van der Waals surface area contributed by atoms with E-state index in [1.165, 1.54) is 45.0 Å². The minimum atomic E-state index is -0.922. The Bertz CT molecular complexity index is 1000. The lowest BCUT2D eigenvalue weighted by Gasteiger charge is -2.17. The van der Waals surface area contributed by atoms with Gasteiger partial charge in [0.2, 0.25) is 17.7 Å². The first-order valence-electron chi connectivity index (χ1n) is 11.1. The molecule has 1 heterocycles. The largest absolute Gasteiger partial charge is 0.493 e. The number of nitro groups is 1. The first kappa shape index (κ1) is 28.7. The fraction of sp³-hybridized carbons (Fsp3) is 0.545. The van der Waals surface area contributed by atoms with Gasteiger partial charge in [0.15, 0.2) is 11.5 Å². The number of amides is 4. The second kappa shape index (κ2) is 13.5. The van der Waals surface area contributed by atoms with Crippen LogP contribution < -0.4 is 20.1 Å². The molecule has 1 aliphatic heterocycles. The number of ether oxygens (including phenoxy) is 3. The second-order valence-corrected chi connectivity index (χ2v) is 8.77. The molecule has 0 spiro atoms. The molecule has 2 unspecified atom stereocenters. The van der Waals surface area contributed by atoms with Crippen LogP contribution in [0.1, 0.15) is 37.9 Å². The molecule has 0 radical (unpaired) electrons. The van der Waals surface area contributed by atoms with E-state index in [9.17, 15) is 29.3 Å². The van der Waals surface area contributed by atoms with Crippen molar-refractivity contribution in [2.24, 2.45) is 0 Å². The van der Waals surface area contributed by atoms with Crippen molar-refractivity contribution < 1.29 is 38.3 Å². The molecule has 0 saturated carbocycles. The molecule has 36 heavy (non-hydrogen) atoms. The Morgan fingerprint density at radius 1 is 1.31 bits per heavy atom. The van der Waals surface area contributed by atoms with E-state index in [-0.39, 0.29) is 78.3 Å².